The fourth-order valence-corrected chi connectivity index (χ4v) is 4.18. The molecule has 0 atom stereocenters. The number of hydrogen-bond acceptors (Lipinski definition) is 6. The number of amides is 3. The zero-order valence-corrected chi connectivity index (χ0v) is 20.0. The fourth-order valence-electron chi connectivity index (χ4n) is 4.18. The van der Waals surface area contributed by atoms with Gasteiger partial charge in [0.1, 0.15) is 18.2 Å². The molecule has 0 radical (unpaired) electrons. The molecule has 2 aromatic carbocycles. The van der Waals surface area contributed by atoms with E-state index in [9.17, 15) is 9.59 Å². The number of aromatic nitrogens is 1. The Hall–Kier alpha value is -3.85. The Kier molecular flexibility index (Phi) is 7.99. The smallest absolute Gasteiger partial charge is 0.319 e. The van der Waals surface area contributed by atoms with E-state index in [0.717, 1.165) is 40.9 Å². The lowest BCUT2D eigenvalue weighted by atomic mass is 10.1. The maximum atomic E-state index is 12.5. The van der Waals surface area contributed by atoms with Crippen LogP contribution in [0.3, 0.4) is 0 Å². The van der Waals surface area contributed by atoms with Crippen LogP contribution in [-0.4, -0.2) is 61.8 Å². The highest BCUT2D eigenvalue weighted by Crippen LogP contribution is 2.22. The number of carbonyl (C=O) groups is 2. The van der Waals surface area contributed by atoms with E-state index in [1.165, 1.54) is 7.11 Å². The van der Waals surface area contributed by atoms with Gasteiger partial charge in [0.15, 0.2) is 0 Å². The molecule has 1 aliphatic heterocycles. The number of likely N-dealkylation sites (tertiary alicyclic amines) is 1. The van der Waals surface area contributed by atoms with Gasteiger partial charge >= 0.3 is 6.03 Å². The SMILES string of the molecule is COCC(=O)N1CCC(NC(=O)Nc2ccc3nc(NCc4ccccc4OC)ccc3c2)CC1. The summed E-state index contributed by atoms with van der Waals surface area (Å²) in [7, 11) is 3.17. The normalized spacial score (nSPS) is 13.9. The van der Waals surface area contributed by atoms with Crippen LogP contribution in [-0.2, 0) is 16.1 Å². The van der Waals surface area contributed by atoms with Crippen LogP contribution in [0.5, 0.6) is 5.75 Å². The number of anilines is 2. The predicted octanol–water partition coefficient (Wildman–Crippen LogP) is 3.61. The number of nitrogens with one attached hydrogen (secondary N) is 3. The van der Waals surface area contributed by atoms with Crippen LogP contribution in [0.25, 0.3) is 10.9 Å². The second kappa shape index (κ2) is 11.5. The molecule has 0 unspecified atom stereocenters. The Morgan fingerprint density at radius 3 is 2.63 bits per heavy atom. The predicted molar refractivity (Wildman–Crippen MR) is 136 cm³/mol. The van der Waals surface area contributed by atoms with Crippen LogP contribution >= 0.6 is 0 Å². The molecule has 0 saturated carbocycles. The van der Waals surface area contributed by atoms with Gasteiger partial charge in [0, 0.05) is 49.4 Å². The van der Waals surface area contributed by atoms with Crippen LogP contribution in [0.2, 0.25) is 0 Å². The number of benzene rings is 2. The number of pyridine rings is 1. The molecular weight excluding hydrogens is 446 g/mol. The minimum absolute atomic E-state index is 0.0154. The number of nitrogens with zero attached hydrogens (tertiary/aromatic N) is 2. The molecule has 3 amide bonds. The number of hydrogen-bond donors (Lipinski definition) is 3. The highest BCUT2D eigenvalue weighted by atomic mass is 16.5. The van der Waals surface area contributed by atoms with Crippen LogP contribution in [0.4, 0.5) is 16.3 Å². The van der Waals surface area contributed by atoms with Crippen molar-refractivity contribution in [3.05, 3.63) is 60.2 Å². The molecule has 35 heavy (non-hydrogen) atoms. The van der Waals surface area contributed by atoms with E-state index in [-0.39, 0.29) is 24.6 Å². The quantitative estimate of drug-likeness (QED) is 0.458. The number of ether oxygens (including phenoxy) is 2. The van der Waals surface area contributed by atoms with E-state index in [0.29, 0.717) is 25.3 Å². The first-order valence-corrected chi connectivity index (χ1v) is 11.7. The van der Waals surface area contributed by atoms with E-state index >= 15 is 0 Å². The lowest BCUT2D eigenvalue weighted by Gasteiger charge is -2.32. The van der Waals surface area contributed by atoms with Crippen molar-refractivity contribution in [3.63, 3.8) is 0 Å². The molecule has 4 rings (SSSR count). The summed E-state index contributed by atoms with van der Waals surface area (Å²) in [5, 5.41) is 10.2. The summed E-state index contributed by atoms with van der Waals surface area (Å²) in [6.07, 6.45) is 1.43. The van der Waals surface area contributed by atoms with E-state index < -0.39 is 0 Å². The lowest BCUT2D eigenvalue weighted by molar-refractivity contribution is -0.136. The minimum atomic E-state index is -0.255. The van der Waals surface area contributed by atoms with Gasteiger partial charge in [0.05, 0.1) is 12.6 Å². The number of piperidine rings is 1. The number of para-hydroxylation sites is 1. The summed E-state index contributed by atoms with van der Waals surface area (Å²) >= 11 is 0. The number of carbonyl (C=O) groups excluding carboxylic acids is 2. The third-order valence-corrected chi connectivity index (χ3v) is 6.05. The van der Waals surface area contributed by atoms with Crippen LogP contribution in [0.1, 0.15) is 18.4 Å². The van der Waals surface area contributed by atoms with Crippen molar-refractivity contribution in [2.75, 3.05) is 44.5 Å². The van der Waals surface area contributed by atoms with Gasteiger partial charge < -0.3 is 30.3 Å². The molecule has 2 heterocycles. The van der Waals surface area contributed by atoms with Crippen LogP contribution in [0, 0.1) is 0 Å². The maximum absolute atomic E-state index is 12.5. The number of urea groups is 1. The third kappa shape index (κ3) is 6.39. The summed E-state index contributed by atoms with van der Waals surface area (Å²) in [6.45, 7) is 1.92. The molecule has 3 N–H and O–H groups in total. The van der Waals surface area contributed by atoms with Crippen molar-refractivity contribution in [2.45, 2.75) is 25.4 Å². The Morgan fingerprint density at radius 1 is 1.06 bits per heavy atom. The molecule has 0 bridgehead atoms. The van der Waals surface area contributed by atoms with Crippen molar-refractivity contribution >= 4 is 34.3 Å². The number of rotatable bonds is 8. The first-order valence-electron chi connectivity index (χ1n) is 11.7. The van der Waals surface area contributed by atoms with Gasteiger partial charge in [-0.05, 0) is 49.2 Å². The van der Waals surface area contributed by atoms with Gasteiger partial charge in [-0.2, -0.15) is 0 Å². The van der Waals surface area contributed by atoms with Crippen molar-refractivity contribution < 1.29 is 19.1 Å². The average Bonchev–Trinajstić information content (AvgIpc) is 2.88. The molecule has 1 aromatic heterocycles. The molecule has 1 aliphatic rings. The van der Waals surface area contributed by atoms with Crippen LogP contribution in [0.15, 0.2) is 54.6 Å². The fraction of sp³-hybridized carbons (Fsp3) is 0.346. The Labute approximate surface area is 204 Å². The molecule has 184 valence electrons. The van der Waals surface area contributed by atoms with E-state index in [4.69, 9.17) is 9.47 Å². The van der Waals surface area contributed by atoms with Crippen molar-refractivity contribution in [2.24, 2.45) is 0 Å². The van der Waals surface area contributed by atoms with E-state index in [1.807, 2.05) is 54.6 Å². The van der Waals surface area contributed by atoms with Gasteiger partial charge in [-0.1, -0.05) is 18.2 Å². The molecule has 9 heteroatoms. The highest BCUT2D eigenvalue weighted by Gasteiger charge is 2.23. The van der Waals surface area contributed by atoms with Crippen LogP contribution < -0.4 is 20.7 Å². The Bertz CT molecular complexity index is 1180. The second-order valence-corrected chi connectivity index (χ2v) is 8.46. The molecule has 1 saturated heterocycles. The highest BCUT2D eigenvalue weighted by molar-refractivity contribution is 5.93. The lowest BCUT2D eigenvalue weighted by Crippen LogP contribution is -2.48. The first-order chi connectivity index (χ1) is 17.1. The summed E-state index contributed by atoms with van der Waals surface area (Å²) in [5.74, 6) is 1.58. The van der Waals surface area contributed by atoms with Crippen molar-refractivity contribution in [1.82, 2.24) is 15.2 Å². The van der Waals surface area contributed by atoms with Crippen molar-refractivity contribution in [1.29, 1.82) is 0 Å². The topological polar surface area (TPSA) is 105 Å². The largest absolute Gasteiger partial charge is 0.496 e. The van der Waals surface area contributed by atoms with E-state index in [2.05, 4.69) is 20.9 Å². The summed E-state index contributed by atoms with van der Waals surface area (Å²) in [4.78, 5) is 30.9. The molecule has 0 spiro atoms. The number of fused-ring (bicyclic) bond motifs is 1. The maximum Gasteiger partial charge on any atom is 0.319 e. The summed E-state index contributed by atoms with van der Waals surface area (Å²) in [5.41, 5.74) is 2.57. The molecular formula is C26H31N5O4. The van der Waals surface area contributed by atoms with Gasteiger partial charge in [-0.25, -0.2) is 9.78 Å². The number of methoxy groups -OCH3 is 2. The van der Waals surface area contributed by atoms with Gasteiger partial charge in [-0.3, -0.25) is 4.79 Å². The van der Waals surface area contributed by atoms with Crippen molar-refractivity contribution in [3.8, 4) is 5.75 Å². The average molecular weight is 478 g/mol. The van der Waals surface area contributed by atoms with E-state index in [1.54, 1.807) is 12.0 Å². The molecule has 1 fully saturated rings. The van der Waals surface area contributed by atoms with Gasteiger partial charge in [0.2, 0.25) is 5.91 Å². The minimum Gasteiger partial charge on any atom is -0.496 e. The van der Waals surface area contributed by atoms with Gasteiger partial charge in [-0.15, -0.1) is 0 Å². The Balaban J connectivity index is 1.30. The van der Waals surface area contributed by atoms with Gasteiger partial charge in [0.25, 0.3) is 0 Å². The Morgan fingerprint density at radius 2 is 1.86 bits per heavy atom. The molecule has 3 aromatic rings. The zero-order valence-electron chi connectivity index (χ0n) is 20.0. The third-order valence-electron chi connectivity index (χ3n) is 6.05. The summed E-state index contributed by atoms with van der Waals surface area (Å²) < 4.78 is 10.3. The monoisotopic (exact) mass is 477 g/mol. The zero-order chi connectivity index (χ0) is 24.6. The standard InChI is InChI=1S/C26H31N5O4/c1-34-17-25(32)31-13-11-20(12-14-31)28-26(33)29-21-8-9-22-18(15-21)7-10-24(30-22)27-16-19-5-3-4-6-23(19)35-2/h3-10,15,20H,11-14,16-17H2,1-2H3,(H,27,30)(H2,28,29,33). The molecule has 0 aliphatic carbocycles. The molecule has 9 nitrogen and oxygen atoms in total. The first kappa shape index (κ1) is 24.3. The summed E-state index contributed by atoms with van der Waals surface area (Å²) in [6, 6.07) is 17.2. The second-order valence-electron chi connectivity index (χ2n) is 8.46.